The van der Waals surface area contributed by atoms with E-state index in [-0.39, 0.29) is 0 Å². The third kappa shape index (κ3) is 7.00. The number of anilines is 3. The number of hydrogen-bond acceptors (Lipinski definition) is 1. The first kappa shape index (κ1) is 44.2. The third-order valence-corrected chi connectivity index (χ3v) is 16.1. The van der Waals surface area contributed by atoms with E-state index in [1.165, 1.54) is 100 Å². The van der Waals surface area contributed by atoms with Gasteiger partial charge in [0, 0.05) is 17.1 Å². The van der Waals surface area contributed by atoms with E-state index in [0.717, 1.165) is 17.1 Å². The van der Waals surface area contributed by atoms with Crippen LogP contribution in [0, 0.1) is 0 Å². The highest BCUT2D eigenvalue weighted by Crippen LogP contribution is 2.65. The summed E-state index contributed by atoms with van der Waals surface area (Å²) in [5.41, 5.74) is 24.7. The Bertz CT molecular complexity index is 3900. The highest BCUT2D eigenvalue weighted by molar-refractivity contribution is 5.97. The lowest BCUT2D eigenvalue weighted by Crippen LogP contribution is -2.44. The molecule has 1 spiro atoms. The molecule has 0 radical (unpaired) electrons. The average molecular weight is 954 g/mol. The van der Waals surface area contributed by atoms with Crippen molar-refractivity contribution in [3.63, 3.8) is 0 Å². The van der Waals surface area contributed by atoms with E-state index in [1.54, 1.807) is 0 Å². The molecule has 75 heavy (non-hydrogen) atoms. The quantitative estimate of drug-likeness (QED) is 0.139. The summed E-state index contributed by atoms with van der Waals surface area (Å²) < 4.78 is 0. The van der Waals surface area contributed by atoms with Gasteiger partial charge >= 0.3 is 0 Å². The largest absolute Gasteiger partial charge is 0.311 e. The summed E-state index contributed by atoms with van der Waals surface area (Å²) in [5.74, 6) is 0. The van der Waals surface area contributed by atoms with Gasteiger partial charge in [-0.3, -0.25) is 0 Å². The van der Waals surface area contributed by atoms with Crippen LogP contribution in [0.15, 0.2) is 309 Å². The van der Waals surface area contributed by atoms with Crippen LogP contribution in [0.4, 0.5) is 17.1 Å². The SMILES string of the molecule is c1ccc(-c2ccc(-c3ccc(N(c4ccc(-c5ccccc5)cc4)c4ccc(-c5cccc6c5-c5ccccc5C65c6ccccc6C(c6ccccc6)(c6ccccc6)c6ccccc65)cc4)cc3)cc2)cc1. The van der Waals surface area contributed by atoms with Crippen LogP contribution in [-0.2, 0) is 10.8 Å². The van der Waals surface area contributed by atoms with Gasteiger partial charge < -0.3 is 4.90 Å². The zero-order valence-corrected chi connectivity index (χ0v) is 41.4. The Labute approximate surface area is 440 Å². The molecular formula is C74H51N. The van der Waals surface area contributed by atoms with Gasteiger partial charge in [-0.25, -0.2) is 0 Å². The molecule has 0 saturated heterocycles. The fourth-order valence-corrected chi connectivity index (χ4v) is 12.8. The summed E-state index contributed by atoms with van der Waals surface area (Å²) in [6.45, 7) is 0. The predicted molar refractivity (Wildman–Crippen MR) is 312 cm³/mol. The second-order valence-corrected chi connectivity index (χ2v) is 19.9. The molecule has 0 unspecified atom stereocenters. The van der Waals surface area contributed by atoms with E-state index in [2.05, 4.69) is 314 Å². The van der Waals surface area contributed by atoms with E-state index >= 15 is 0 Å². The Hall–Kier alpha value is -9.56. The Balaban J connectivity index is 0.897. The van der Waals surface area contributed by atoms with Gasteiger partial charge in [0.05, 0.1) is 10.8 Å². The zero-order valence-electron chi connectivity index (χ0n) is 41.4. The number of fused-ring (bicyclic) bond motifs is 9. The lowest BCUT2D eigenvalue weighted by molar-refractivity contribution is 0.623. The molecule has 1 nitrogen and oxygen atoms in total. The summed E-state index contributed by atoms with van der Waals surface area (Å²) in [5, 5.41) is 0. The molecule has 1 heteroatoms. The molecule has 0 aliphatic heterocycles. The standard InChI is InChI=1S/C74H51N/c1-5-20-52(21-6-1)54-36-38-55(39-37-54)57-42-48-62(49-43-57)75(61-46-40-56(41-47-61)53-22-7-2-8-23-53)63-50-44-58(45-51-63)64-29-19-35-71-72(64)65-28-13-14-30-66(65)74(71)69-33-17-15-31-67(69)73(59-24-9-3-10-25-59,60-26-11-4-12-27-60)68-32-16-18-34-70(68)74/h1-51H. The summed E-state index contributed by atoms with van der Waals surface area (Å²) >= 11 is 0. The molecule has 0 bridgehead atoms. The van der Waals surface area contributed by atoms with Crippen molar-refractivity contribution in [1.82, 2.24) is 0 Å². The van der Waals surface area contributed by atoms with Crippen LogP contribution in [0.2, 0.25) is 0 Å². The van der Waals surface area contributed by atoms with Crippen LogP contribution in [-0.4, -0.2) is 0 Å². The zero-order chi connectivity index (χ0) is 49.8. The Morgan fingerprint density at radius 1 is 0.187 bits per heavy atom. The maximum absolute atomic E-state index is 2.41. The van der Waals surface area contributed by atoms with Crippen molar-refractivity contribution in [2.75, 3.05) is 4.90 Å². The molecule has 0 saturated carbocycles. The van der Waals surface area contributed by atoms with Crippen molar-refractivity contribution in [1.29, 1.82) is 0 Å². The minimum absolute atomic E-state index is 0.547. The fourth-order valence-electron chi connectivity index (χ4n) is 12.8. The van der Waals surface area contributed by atoms with Crippen LogP contribution in [0.5, 0.6) is 0 Å². The van der Waals surface area contributed by atoms with Gasteiger partial charge in [0.2, 0.25) is 0 Å². The van der Waals surface area contributed by atoms with Crippen molar-refractivity contribution in [3.8, 4) is 55.6 Å². The van der Waals surface area contributed by atoms with Gasteiger partial charge in [-0.1, -0.05) is 273 Å². The maximum Gasteiger partial charge on any atom is 0.0720 e. The molecule has 2 aliphatic carbocycles. The Morgan fingerprint density at radius 3 is 0.907 bits per heavy atom. The van der Waals surface area contributed by atoms with Crippen molar-refractivity contribution in [2.45, 2.75) is 10.8 Å². The van der Waals surface area contributed by atoms with Crippen LogP contribution >= 0.6 is 0 Å². The highest BCUT2D eigenvalue weighted by atomic mass is 15.1. The molecule has 352 valence electrons. The molecule has 14 rings (SSSR count). The molecule has 0 aromatic heterocycles. The van der Waals surface area contributed by atoms with Crippen LogP contribution in [0.1, 0.15) is 44.5 Å². The van der Waals surface area contributed by atoms with E-state index in [4.69, 9.17) is 0 Å². The van der Waals surface area contributed by atoms with Gasteiger partial charge in [-0.05, 0) is 137 Å². The Morgan fingerprint density at radius 2 is 0.480 bits per heavy atom. The molecule has 0 amide bonds. The lowest BCUT2D eigenvalue weighted by atomic mass is 9.51. The first-order valence-corrected chi connectivity index (χ1v) is 26.1. The average Bonchev–Trinajstić information content (AvgIpc) is 4.03. The number of rotatable bonds is 9. The monoisotopic (exact) mass is 953 g/mol. The summed E-state index contributed by atoms with van der Waals surface area (Å²) in [4.78, 5) is 2.38. The van der Waals surface area contributed by atoms with Crippen molar-refractivity contribution >= 4 is 17.1 Å². The number of hydrogen-bond donors (Lipinski definition) is 0. The third-order valence-electron chi connectivity index (χ3n) is 16.1. The summed E-state index contributed by atoms with van der Waals surface area (Å²) in [7, 11) is 0. The first-order chi connectivity index (χ1) is 37.2. The molecule has 0 fully saturated rings. The lowest BCUT2D eigenvalue weighted by Gasteiger charge is -2.50. The molecule has 12 aromatic carbocycles. The van der Waals surface area contributed by atoms with Crippen molar-refractivity contribution < 1.29 is 0 Å². The minimum atomic E-state index is -0.569. The molecule has 0 atom stereocenters. The Kier molecular flexibility index (Phi) is 10.7. The smallest absolute Gasteiger partial charge is 0.0720 e. The topological polar surface area (TPSA) is 3.24 Å². The van der Waals surface area contributed by atoms with Crippen LogP contribution in [0.25, 0.3) is 55.6 Å². The number of nitrogens with zero attached hydrogens (tertiary/aromatic N) is 1. The van der Waals surface area contributed by atoms with Crippen molar-refractivity contribution in [3.05, 3.63) is 354 Å². The van der Waals surface area contributed by atoms with Crippen LogP contribution < -0.4 is 4.90 Å². The van der Waals surface area contributed by atoms with Gasteiger partial charge in [0.1, 0.15) is 0 Å². The fraction of sp³-hybridized carbons (Fsp3) is 0.0270. The van der Waals surface area contributed by atoms with Gasteiger partial charge in [0.25, 0.3) is 0 Å². The number of benzene rings is 12. The molecule has 0 N–H and O–H groups in total. The van der Waals surface area contributed by atoms with Gasteiger partial charge in [-0.15, -0.1) is 0 Å². The van der Waals surface area contributed by atoms with Gasteiger partial charge in [0.15, 0.2) is 0 Å². The normalized spacial score (nSPS) is 13.3. The first-order valence-electron chi connectivity index (χ1n) is 26.1. The van der Waals surface area contributed by atoms with Gasteiger partial charge in [-0.2, -0.15) is 0 Å². The van der Waals surface area contributed by atoms with E-state index in [9.17, 15) is 0 Å². The second-order valence-electron chi connectivity index (χ2n) is 19.9. The molecular weight excluding hydrogens is 903 g/mol. The predicted octanol–water partition coefficient (Wildman–Crippen LogP) is 18.9. The maximum atomic E-state index is 2.41. The van der Waals surface area contributed by atoms with Crippen LogP contribution in [0.3, 0.4) is 0 Å². The van der Waals surface area contributed by atoms with E-state index in [1.807, 2.05) is 0 Å². The van der Waals surface area contributed by atoms with E-state index < -0.39 is 10.8 Å². The summed E-state index contributed by atoms with van der Waals surface area (Å²) in [6.07, 6.45) is 0. The second kappa shape index (κ2) is 18.2. The molecule has 2 aliphatic rings. The molecule has 12 aromatic rings. The minimum Gasteiger partial charge on any atom is -0.311 e. The van der Waals surface area contributed by atoms with E-state index in [0.29, 0.717) is 0 Å². The summed E-state index contributed by atoms with van der Waals surface area (Å²) in [6, 6.07) is 114. The molecule has 0 heterocycles. The highest BCUT2D eigenvalue weighted by Gasteiger charge is 2.56. The van der Waals surface area contributed by atoms with Crippen molar-refractivity contribution in [2.24, 2.45) is 0 Å².